The van der Waals surface area contributed by atoms with Gasteiger partial charge in [-0.1, -0.05) is 0 Å². The summed E-state index contributed by atoms with van der Waals surface area (Å²) in [4.78, 5) is 34.6. The molecule has 0 aliphatic heterocycles. The number of benzene rings is 1. The van der Waals surface area contributed by atoms with Gasteiger partial charge in [-0.3, -0.25) is 25.4 Å². The van der Waals surface area contributed by atoms with Crippen LogP contribution in [-0.2, 0) is 17.1 Å². The van der Waals surface area contributed by atoms with E-state index in [9.17, 15) is 35.9 Å². The van der Waals surface area contributed by atoms with Crippen LogP contribution in [0.4, 0.5) is 26.3 Å². The lowest BCUT2D eigenvalue weighted by molar-refractivity contribution is -0.142. The molecule has 0 bridgehead atoms. The molecule has 3 rings (SSSR count). The maximum absolute atomic E-state index is 13.3. The Kier molecular flexibility index (Phi) is 6.41. The predicted molar refractivity (Wildman–Crippen MR) is 98.4 cm³/mol. The molecular formula is C18H11F6N7O2. The van der Waals surface area contributed by atoms with Crippen molar-refractivity contribution in [1.29, 1.82) is 0 Å². The van der Waals surface area contributed by atoms with Gasteiger partial charge in [0.05, 0.1) is 17.3 Å². The molecule has 2 N–H and O–H groups in total. The Balaban J connectivity index is 1.72. The van der Waals surface area contributed by atoms with Crippen LogP contribution in [0.15, 0.2) is 49.2 Å². The van der Waals surface area contributed by atoms with Crippen LogP contribution in [0.2, 0.25) is 0 Å². The fraction of sp³-hybridized carbons (Fsp3) is 0.111. The molecule has 2 amide bonds. The van der Waals surface area contributed by atoms with Crippen LogP contribution < -0.4 is 10.9 Å². The topological polar surface area (TPSA) is 115 Å². The number of carbonyl (C=O) groups excluding carboxylic acids is 2. The molecule has 9 nitrogen and oxygen atoms in total. The molecule has 0 fully saturated rings. The quantitative estimate of drug-likeness (QED) is 0.344. The van der Waals surface area contributed by atoms with E-state index < -0.39 is 46.7 Å². The lowest BCUT2D eigenvalue weighted by Crippen LogP contribution is -2.41. The summed E-state index contributed by atoms with van der Waals surface area (Å²) in [7, 11) is 0. The van der Waals surface area contributed by atoms with E-state index in [0.29, 0.717) is 12.1 Å². The SMILES string of the molecule is O=C(C=Cn1cnc(-c2ccc(C(F)(F)F)cc2C(F)(F)F)n1)NNC(=O)c1cnccn1. The second kappa shape index (κ2) is 9.05. The normalized spacial score (nSPS) is 12.1. The standard InChI is InChI=1S/C18H11F6N7O2/c19-17(20,21)10-1-2-11(12(7-10)18(22,23)24)15-27-9-31(30-15)6-3-14(32)28-29-16(33)13-8-25-4-5-26-13/h1-9H,(H,28,32)(H,29,33). The van der Waals surface area contributed by atoms with E-state index in [4.69, 9.17) is 0 Å². The molecule has 0 saturated carbocycles. The van der Waals surface area contributed by atoms with Gasteiger partial charge in [0.25, 0.3) is 11.8 Å². The van der Waals surface area contributed by atoms with Crippen LogP contribution in [0, 0.1) is 0 Å². The molecule has 15 heteroatoms. The number of nitrogens with zero attached hydrogens (tertiary/aromatic N) is 5. The number of amides is 2. The number of rotatable bonds is 4. The number of nitrogens with one attached hydrogen (secondary N) is 2. The molecule has 1 aromatic carbocycles. The highest BCUT2D eigenvalue weighted by Gasteiger charge is 2.39. The molecule has 0 aliphatic carbocycles. The fourth-order valence-corrected chi connectivity index (χ4v) is 2.40. The molecule has 0 saturated heterocycles. The zero-order chi connectivity index (χ0) is 24.2. The Morgan fingerprint density at radius 1 is 0.970 bits per heavy atom. The first-order valence-corrected chi connectivity index (χ1v) is 8.69. The first-order valence-electron chi connectivity index (χ1n) is 8.69. The summed E-state index contributed by atoms with van der Waals surface area (Å²) in [5, 5.41) is 3.71. The Labute approximate surface area is 180 Å². The van der Waals surface area contributed by atoms with Crippen molar-refractivity contribution in [2.24, 2.45) is 0 Å². The number of hydrazine groups is 1. The van der Waals surface area contributed by atoms with Gasteiger partial charge in [0.2, 0.25) is 0 Å². The van der Waals surface area contributed by atoms with Gasteiger partial charge < -0.3 is 0 Å². The van der Waals surface area contributed by atoms with E-state index in [1.807, 2.05) is 5.43 Å². The van der Waals surface area contributed by atoms with E-state index in [1.54, 1.807) is 0 Å². The third kappa shape index (κ3) is 5.90. The number of hydrogen-bond acceptors (Lipinski definition) is 6. The van der Waals surface area contributed by atoms with Crippen molar-refractivity contribution in [3.63, 3.8) is 0 Å². The van der Waals surface area contributed by atoms with Crippen LogP contribution in [-0.4, -0.2) is 36.5 Å². The summed E-state index contributed by atoms with van der Waals surface area (Å²) in [5.74, 6) is -2.11. The lowest BCUT2D eigenvalue weighted by atomic mass is 10.0. The minimum atomic E-state index is -5.10. The van der Waals surface area contributed by atoms with E-state index in [-0.39, 0.29) is 11.8 Å². The van der Waals surface area contributed by atoms with Gasteiger partial charge in [-0.05, 0) is 18.2 Å². The highest BCUT2D eigenvalue weighted by Crippen LogP contribution is 2.40. The summed E-state index contributed by atoms with van der Waals surface area (Å²) >= 11 is 0. The largest absolute Gasteiger partial charge is 0.417 e. The summed E-state index contributed by atoms with van der Waals surface area (Å²) in [6, 6.07) is 1.07. The molecule has 0 aliphatic rings. The van der Waals surface area contributed by atoms with Crippen LogP contribution in [0.5, 0.6) is 0 Å². The number of halogens is 6. The van der Waals surface area contributed by atoms with E-state index >= 15 is 0 Å². The van der Waals surface area contributed by atoms with Gasteiger partial charge in [0, 0.05) is 30.2 Å². The Bertz CT molecular complexity index is 1190. The number of aromatic nitrogens is 5. The number of carbonyl (C=O) groups is 2. The van der Waals surface area contributed by atoms with Crippen molar-refractivity contribution < 1.29 is 35.9 Å². The van der Waals surface area contributed by atoms with Crippen molar-refractivity contribution in [2.75, 3.05) is 0 Å². The Morgan fingerprint density at radius 3 is 2.36 bits per heavy atom. The summed E-state index contributed by atoms with van der Waals surface area (Å²) in [6.45, 7) is 0. The van der Waals surface area contributed by atoms with E-state index in [1.165, 1.54) is 12.4 Å². The first kappa shape index (κ1) is 23.4. The minimum absolute atomic E-state index is 0.0287. The van der Waals surface area contributed by atoms with Gasteiger partial charge in [0.1, 0.15) is 12.0 Å². The second-order valence-electron chi connectivity index (χ2n) is 6.15. The molecule has 33 heavy (non-hydrogen) atoms. The van der Waals surface area contributed by atoms with E-state index in [2.05, 4.69) is 25.5 Å². The summed E-state index contributed by atoms with van der Waals surface area (Å²) < 4.78 is 79.1. The van der Waals surface area contributed by atoms with E-state index in [0.717, 1.165) is 29.5 Å². The first-order chi connectivity index (χ1) is 15.4. The fourth-order valence-electron chi connectivity index (χ4n) is 2.40. The van der Waals surface area contributed by atoms with Crippen molar-refractivity contribution >= 4 is 18.0 Å². The van der Waals surface area contributed by atoms with Crippen molar-refractivity contribution in [3.05, 3.63) is 66.0 Å². The van der Waals surface area contributed by atoms with Gasteiger partial charge in [-0.15, -0.1) is 5.10 Å². The third-order valence-electron chi connectivity index (χ3n) is 3.88. The zero-order valence-electron chi connectivity index (χ0n) is 16.0. The summed E-state index contributed by atoms with van der Waals surface area (Å²) in [6.07, 6.45) is -3.50. The average Bonchev–Trinajstić information content (AvgIpc) is 3.24. The molecule has 0 unspecified atom stereocenters. The third-order valence-corrected chi connectivity index (χ3v) is 3.88. The van der Waals surface area contributed by atoms with Crippen molar-refractivity contribution in [1.82, 2.24) is 35.6 Å². The molecular weight excluding hydrogens is 460 g/mol. The lowest BCUT2D eigenvalue weighted by Gasteiger charge is -2.14. The highest BCUT2D eigenvalue weighted by atomic mass is 19.4. The van der Waals surface area contributed by atoms with Gasteiger partial charge in [-0.25, -0.2) is 14.6 Å². The maximum atomic E-state index is 13.3. The molecule has 3 aromatic rings. The second-order valence-corrected chi connectivity index (χ2v) is 6.15. The average molecular weight is 471 g/mol. The monoisotopic (exact) mass is 471 g/mol. The van der Waals surface area contributed by atoms with Gasteiger partial charge in [-0.2, -0.15) is 26.3 Å². The number of alkyl halides is 6. The van der Waals surface area contributed by atoms with Crippen LogP contribution in [0.3, 0.4) is 0 Å². The Hall–Kier alpha value is -4.30. The summed E-state index contributed by atoms with van der Waals surface area (Å²) in [5.41, 5.74) is 0.295. The zero-order valence-corrected chi connectivity index (χ0v) is 16.0. The van der Waals surface area contributed by atoms with Gasteiger partial charge >= 0.3 is 12.4 Å². The smallest absolute Gasteiger partial charge is 0.268 e. The molecule has 0 atom stereocenters. The van der Waals surface area contributed by atoms with Crippen LogP contribution >= 0.6 is 0 Å². The molecule has 2 heterocycles. The molecule has 0 radical (unpaired) electrons. The number of hydrogen-bond donors (Lipinski definition) is 2. The Morgan fingerprint density at radius 2 is 1.73 bits per heavy atom. The molecule has 172 valence electrons. The van der Waals surface area contributed by atoms with Crippen LogP contribution in [0.25, 0.3) is 17.6 Å². The minimum Gasteiger partial charge on any atom is -0.268 e. The maximum Gasteiger partial charge on any atom is 0.417 e. The molecule has 0 spiro atoms. The van der Waals surface area contributed by atoms with Crippen LogP contribution in [0.1, 0.15) is 21.6 Å². The molecule has 2 aromatic heterocycles. The van der Waals surface area contributed by atoms with Crippen molar-refractivity contribution in [3.8, 4) is 11.4 Å². The highest BCUT2D eigenvalue weighted by molar-refractivity contribution is 5.96. The van der Waals surface area contributed by atoms with Gasteiger partial charge in [0.15, 0.2) is 5.82 Å². The predicted octanol–water partition coefficient (Wildman–Crippen LogP) is 2.70. The van der Waals surface area contributed by atoms with Crippen molar-refractivity contribution in [2.45, 2.75) is 12.4 Å².